The summed E-state index contributed by atoms with van der Waals surface area (Å²) < 4.78 is 11.6. The number of nitrogens with zero attached hydrogens (tertiary/aromatic N) is 1. The molecule has 1 aromatic rings. The Morgan fingerprint density at radius 3 is 2.78 bits per heavy atom. The van der Waals surface area contributed by atoms with Gasteiger partial charge in [0.1, 0.15) is 5.75 Å². The first-order chi connectivity index (χ1) is 8.69. The Morgan fingerprint density at radius 1 is 1.44 bits per heavy atom. The number of nitriles is 1. The zero-order valence-electron chi connectivity index (χ0n) is 10.4. The Kier molecular flexibility index (Phi) is 4.26. The average molecular weight is 310 g/mol. The summed E-state index contributed by atoms with van der Waals surface area (Å²) in [5, 5.41) is 9.47. The molecule has 0 N–H and O–H groups in total. The second-order valence-corrected chi connectivity index (χ2v) is 5.49. The van der Waals surface area contributed by atoms with Crippen molar-refractivity contribution in [2.24, 2.45) is 5.41 Å². The van der Waals surface area contributed by atoms with Crippen LogP contribution in [0.3, 0.4) is 0 Å². The number of ether oxygens (including phenoxy) is 2. The van der Waals surface area contributed by atoms with Crippen LogP contribution < -0.4 is 4.74 Å². The maximum absolute atomic E-state index is 9.47. The largest absolute Gasteiger partial charge is 0.497 e. The third-order valence-corrected chi connectivity index (χ3v) is 4.24. The summed E-state index contributed by atoms with van der Waals surface area (Å²) in [6.45, 7) is 1.35. The van der Waals surface area contributed by atoms with Crippen molar-refractivity contribution in [1.82, 2.24) is 0 Å². The number of benzene rings is 1. The second kappa shape index (κ2) is 5.73. The van der Waals surface area contributed by atoms with Crippen LogP contribution in [0, 0.1) is 16.7 Å². The van der Waals surface area contributed by atoms with Crippen molar-refractivity contribution in [3.63, 3.8) is 0 Å². The van der Waals surface area contributed by atoms with Crippen LogP contribution in [0.15, 0.2) is 22.7 Å². The van der Waals surface area contributed by atoms with Crippen molar-refractivity contribution in [2.75, 3.05) is 20.3 Å². The first-order valence-corrected chi connectivity index (χ1v) is 6.80. The van der Waals surface area contributed by atoms with Crippen LogP contribution in [0.4, 0.5) is 0 Å². The van der Waals surface area contributed by atoms with Gasteiger partial charge in [-0.25, -0.2) is 0 Å². The van der Waals surface area contributed by atoms with Gasteiger partial charge in [0.05, 0.1) is 18.6 Å². The topological polar surface area (TPSA) is 42.2 Å². The molecule has 0 amide bonds. The minimum atomic E-state index is -0.298. The minimum absolute atomic E-state index is 0.298. The van der Waals surface area contributed by atoms with Gasteiger partial charge in [0.15, 0.2) is 0 Å². The van der Waals surface area contributed by atoms with Crippen LogP contribution in [0.2, 0.25) is 0 Å². The standard InChI is InChI=1S/C14H16BrNO2/c1-17-12-2-3-13(15)11(8-12)9-14(10-16)4-6-18-7-5-14/h2-3,8H,4-7,9H2,1H3. The Bertz CT molecular complexity index is 461. The molecule has 1 saturated heterocycles. The van der Waals surface area contributed by atoms with Crippen LogP contribution in [0.1, 0.15) is 18.4 Å². The summed E-state index contributed by atoms with van der Waals surface area (Å²) in [5.41, 5.74) is 0.824. The van der Waals surface area contributed by atoms with E-state index < -0.39 is 0 Å². The molecule has 3 nitrogen and oxygen atoms in total. The predicted molar refractivity (Wildman–Crippen MR) is 72.5 cm³/mol. The summed E-state index contributed by atoms with van der Waals surface area (Å²) in [6, 6.07) is 8.37. The van der Waals surface area contributed by atoms with E-state index >= 15 is 0 Å². The number of hydrogen-bond acceptors (Lipinski definition) is 3. The van der Waals surface area contributed by atoms with E-state index in [0.29, 0.717) is 13.2 Å². The molecule has 0 spiro atoms. The van der Waals surface area contributed by atoms with Crippen molar-refractivity contribution in [3.8, 4) is 11.8 Å². The lowest BCUT2D eigenvalue weighted by Crippen LogP contribution is -2.30. The van der Waals surface area contributed by atoms with Gasteiger partial charge in [-0.15, -0.1) is 0 Å². The van der Waals surface area contributed by atoms with Gasteiger partial charge in [-0.1, -0.05) is 15.9 Å². The van der Waals surface area contributed by atoms with Gasteiger partial charge in [0.2, 0.25) is 0 Å². The molecule has 1 aliphatic rings. The van der Waals surface area contributed by atoms with E-state index in [2.05, 4.69) is 22.0 Å². The molecule has 18 heavy (non-hydrogen) atoms. The van der Waals surface area contributed by atoms with Gasteiger partial charge >= 0.3 is 0 Å². The summed E-state index contributed by atoms with van der Waals surface area (Å²) >= 11 is 3.54. The highest BCUT2D eigenvalue weighted by molar-refractivity contribution is 9.10. The van der Waals surface area contributed by atoms with Crippen molar-refractivity contribution in [3.05, 3.63) is 28.2 Å². The summed E-state index contributed by atoms with van der Waals surface area (Å²) in [4.78, 5) is 0. The van der Waals surface area contributed by atoms with E-state index in [4.69, 9.17) is 9.47 Å². The normalized spacial score (nSPS) is 18.1. The summed E-state index contributed by atoms with van der Waals surface area (Å²) in [5.74, 6) is 0.827. The molecule has 1 heterocycles. The minimum Gasteiger partial charge on any atom is -0.497 e. The Hall–Kier alpha value is -1.05. The summed E-state index contributed by atoms with van der Waals surface area (Å²) in [7, 11) is 1.65. The van der Waals surface area contributed by atoms with Gasteiger partial charge < -0.3 is 9.47 Å². The van der Waals surface area contributed by atoms with Crippen LogP contribution in [0.5, 0.6) is 5.75 Å². The lowest BCUT2D eigenvalue weighted by Gasteiger charge is -2.31. The van der Waals surface area contributed by atoms with Crippen LogP contribution in [-0.4, -0.2) is 20.3 Å². The fraction of sp³-hybridized carbons (Fsp3) is 0.500. The van der Waals surface area contributed by atoms with E-state index in [1.807, 2.05) is 18.2 Å². The molecule has 2 rings (SSSR count). The molecule has 96 valence electrons. The molecule has 0 aromatic heterocycles. The average Bonchev–Trinajstić information content (AvgIpc) is 2.42. The fourth-order valence-electron chi connectivity index (χ4n) is 2.27. The lowest BCUT2D eigenvalue weighted by atomic mass is 9.76. The molecule has 0 aliphatic carbocycles. The molecular weight excluding hydrogens is 294 g/mol. The highest BCUT2D eigenvalue weighted by Crippen LogP contribution is 2.36. The third kappa shape index (κ3) is 2.85. The van der Waals surface area contributed by atoms with E-state index in [1.165, 1.54) is 0 Å². The fourth-order valence-corrected chi connectivity index (χ4v) is 2.66. The molecule has 0 saturated carbocycles. The number of methoxy groups -OCH3 is 1. The van der Waals surface area contributed by atoms with Crippen molar-refractivity contribution in [1.29, 1.82) is 5.26 Å². The predicted octanol–water partition coefficient (Wildman–Crippen LogP) is 3.32. The number of rotatable bonds is 3. The molecule has 0 bridgehead atoms. The van der Waals surface area contributed by atoms with Gasteiger partial charge in [-0.2, -0.15) is 5.26 Å². The molecule has 1 fully saturated rings. The molecule has 1 aliphatic heterocycles. The SMILES string of the molecule is COc1ccc(Br)c(CC2(C#N)CCOCC2)c1. The van der Waals surface area contributed by atoms with E-state index in [1.54, 1.807) is 7.11 Å². The van der Waals surface area contributed by atoms with Crippen LogP contribution in [0.25, 0.3) is 0 Å². The highest BCUT2D eigenvalue weighted by atomic mass is 79.9. The van der Waals surface area contributed by atoms with E-state index in [-0.39, 0.29) is 5.41 Å². The van der Waals surface area contributed by atoms with E-state index in [9.17, 15) is 5.26 Å². The third-order valence-electron chi connectivity index (χ3n) is 3.47. The zero-order chi connectivity index (χ0) is 13.0. The second-order valence-electron chi connectivity index (χ2n) is 4.64. The van der Waals surface area contributed by atoms with E-state index in [0.717, 1.165) is 35.0 Å². The van der Waals surface area contributed by atoms with Gasteiger partial charge in [0, 0.05) is 17.7 Å². The molecule has 0 radical (unpaired) electrons. The van der Waals surface area contributed by atoms with Crippen molar-refractivity contribution < 1.29 is 9.47 Å². The first-order valence-electron chi connectivity index (χ1n) is 6.00. The van der Waals surface area contributed by atoms with Gasteiger partial charge in [-0.3, -0.25) is 0 Å². The monoisotopic (exact) mass is 309 g/mol. The maximum atomic E-state index is 9.47. The molecule has 0 unspecified atom stereocenters. The Morgan fingerprint density at radius 2 is 2.17 bits per heavy atom. The van der Waals surface area contributed by atoms with Gasteiger partial charge in [0.25, 0.3) is 0 Å². The Balaban J connectivity index is 2.24. The lowest BCUT2D eigenvalue weighted by molar-refractivity contribution is 0.0406. The van der Waals surface area contributed by atoms with Gasteiger partial charge in [-0.05, 0) is 43.0 Å². The smallest absolute Gasteiger partial charge is 0.119 e. The van der Waals surface area contributed by atoms with Crippen LogP contribution >= 0.6 is 15.9 Å². The molecule has 1 aromatic carbocycles. The number of hydrogen-bond donors (Lipinski definition) is 0. The summed E-state index contributed by atoms with van der Waals surface area (Å²) in [6.07, 6.45) is 2.34. The van der Waals surface area contributed by atoms with Crippen LogP contribution in [-0.2, 0) is 11.2 Å². The molecular formula is C14H16BrNO2. The molecule has 0 atom stereocenters. The number of halogens is 1. The van der Waals surface area contributed by atoms with Crippen molar-refractivity contribution in [2.45, 2.75) is 19.3 Å². The zero-order valence-corrected chi connectivity index (χ0v) is 12.0. The quantitative estimate of drug-likeness (QED) is 0.860. The maximum Gasteiger partial charge on any atom is 0.119 e. The first kappa shape index (κ1) is 13.4. The Labute approximate surface area is 116 Å². The highest BCUT2D eigenvalue weighted by Gasteiger charge is 2.33. The molecule has 4 heteroatoms. The van der Waals surface area contributed by atoms with Crippen molar-refractivity contribution >= 4 is 15.9 Å².